The van der Waals surface area contributed by atoms with Gasteiger partial charge in [-0.1, -0.05) is 66.7 Å². The number of hydrogen-bond acceptors (Lipinski definition) is 5. The van der Waals surface area contributed by atoms with Gasteiger partial charge in [-0.2, -0.15) is 10.3 Å². The lowest BCUT2D eigenvalue weighted by Gasteiger charge is -2.13. The Kier molecular flexibility index (Phi) is 7.66. The second-order valence-corrected chi connectivity index (χ2v) is 9.59. The first kappa shape index (κ1) is 23.9. The number of nitrogens with zero attached hydrogens (tertiary/aromatic N) is 3. The lowest BCUT2D eigenvalue weighted by atomic mass is 10.0. The van der Waals surface area contributed by atoms with Crippen molar-refractivity contribution in [1.29, 1.82) is 5.26 Å². The maximum atomic E-state index is 13.2. The first-order valence-corrected chi connectivity index (χ1v) is 12.6. The van der Waals surface area contributed by atoms with Gasteiger partial charge in [-0.25, -0.2) is 8.42 Å². The fourth-order valence-corrected chi connectivity index (χ4v) is 5.06. The van der Waals surface area contributed by atoms with E-state index in [1.807, 2.05) is 72.9 Å². The largest absolute Gasteiger partial charge is 0.280 e. The number of hydrogen-bond donors (Lipinski definition) is 1. The van der Waals surface area contributed by atoms with Gasteiger partial charge in [-0.15, -0.1) is 0 Å². The van der Waals surface area contributed by atoms with E-state index in [4.69, 9.17) is 5.26 Å². The molecule has 0 bridgehead atoms. The molecule has 0 amide bonds. The number of aryl methyl sites for hydroxylation is 1. The van der Waals surface area contributed by atoms with Gasteiger partial charge >= 0.3 is 0 Å². The summed E-state index contributed by atoms with van der Waals surface area (Å²) in [5.74, 6) is 0. The first-order valence-electron chi connectivity index (χ1n) is 11.2. The van der Waals surface area contributed by atoms with Gasteiger partial charge in [-0.05, 0) is 54.3 Å². The summed E-state index contributed by atoms with van der Waals surface area (Å²) >= 11 is 0. The lowest BCUT2D eigenvalue weighted by Crippen LogP contribution is -2.14. The Hall–Kier alpha value is -4.28. The van der Waals surface area contributed by atoms with Crippen LogP contribution in [0.5, 0.6) is 0 Å². The molecule has 174 valence electrons. The van der Waals surface area contributed by atoms with Crippen molar-refractivity contribution in [3.63, 3.8) is 0 Å². The standard InChI is InChI=1S/C28H24N4O2S/c29-21-31-26(18-17-24-10-6-7-19-30-24)20-22-13-15-25(16-14-22)32-35(33,34)28-12-5-4-11-27(28)23-8-2-1-3-9-23/h1-16,19,32H,17-18,20H2. The zero-order valence-corrected chi connectivity index (χ0v) is 19.8. The van der Waals surface area contributed by atoms with Crippen LogP contribution in [-0.4, -0.2) is 19.1 Å². The van der Waals surface area contributed by atoms with Gasteiger partial charge in [0.2, 0.25) is 6.19 Å². The summed E-state index contributed by atoms with van der Waals surface area (Å²) in [6.45, 7) is 0. The highest BCUT2D eigenvalue weighted by molar-refractivity contribution is 7.92. The van der Waals surface area contributed by atoms with Gasteiger partial charge in [0.25, 0.3) is 10.0 Å². The number of nitrogens with one attached hydrogen (secondary N) is 1. The topological polar surface area (TPSA) is 95.2 Å². The minimum absolute atomic E-state index is 0.216. The molecule has 0 fully saturated rings. The third kappa shape index (κ3) is 6.40. The average Bonchev–Trinajstić information content (AvgIpc) is 2.89. The van der Waals surface area contributed by atoms with Crippen molar-refractivity contribution in [3.05, 3.63) is 115 Å². The molecule has 7 heteroatoms. The molecule has 1 aromatic heterocycles. The second kappa shape index (κ2) is 11.2. The Morgan fingerprint density at radius 2 is 1.60 bits per heavy atom. The molecular weight excluding hydrogens is 456 g/mol. The minimum atomic E-state index is -3.80. The minimum Gasteiger partial charge on any atom is -0.280 e. The van der Waals surface area contributed by atoms with E-state index in [0.29, 0.717) is 30.5 Å². The Morgan fingerprint density at radius 1 is 0.886 bits per heavy atom. The highest BCUT2D eigenvalue weighted by Crippen LogP contribution is 2.28. The molecule has 0 saturated carbocycles. The lowest BCUT2D eigenvalue weighted by molar-refractivity contribution is 0.601. The van der Waals surface area contributed by atoms with E-state index in [9.17, 15) is 8.42 Å². The average molecular weight is 481 g/mol. The Balaban J connectivity index is 1.46. The van der Waals surface area contributed by atoms with Crippen LogP contribution in [0.1, 0.15) is 17.7 Å². The number of anilines is 1. The summed E-state index contributed by atoms with van der Waals surface area (Å²) in [6, 6.07) is 29.2. The van der Waals surface area contributed by atoms with E-state index < -0.39 is 10.0 Å². The summed E-state index contributed by atoms with van der Waals surface area (Å²) < 4.78 is 29.1. The van der Waals surface area contributed by atoms with E-state index in [2.05, 4.69) is 14.7 Å². The normalized spacial score (nSPS) is 11.6. The Bertz CT molecular complexity index is 1440. The van der Waals surface area contributed by atoms with Crippen molar-refractivity contribution in [2.24, 2.45) is 4.99 Å². The molecule has 0 atom stereocenters. The van der Waals surface area contributed by atoms with Crippen molar-refractivity contribution < 1.29 is 8.42 Å². The van der Waals surface area contributed by atoms with E-state index in [1.165, 1.54) is 0 Å². The van der Waals surface area contributed by atoms with Gasteiger partial charge in [0, 0.05) is 35.3 Å². The first-order chi connectivity index (χ1) is 17.0. The molecule has 3 aromatic carbocycles. The molecule has 4 aromatic rings. The Labute approximate surface area is 205 Å². The van der Waals surface area contributed by atoms with Gasteiger partial charge in [0.15, 0.2) is 0 Å². The predicted octanol–water partition coefficient (Wildman–Crippen LogP) is 5.65. The van der Waals surface area contributed by atoms with Crippen LogP contribution in [0.25, 0.3) is 11.1 Å². The number of pyridine rings is 1. The maximum Gasteiger partial charge on any atom is 0.262 e. The van der Waals surface area contributed by atoms with E-state index in [0.717, 1.165) is 22.5 Å². The van der Waals surface area contributed by atoms with Crippen LogP contribution in [0.2, 0.25) is 0 Å². The van der Waals surface area contributed by atoms with Crippen LogP contribution in [0.4, 0.5) is 5.69 Å². The molecule has 0 spiro atoms. The fourth-order valence-electron chi connectivity index (χ4n) is 3.77. The SMILES string of the molecule is N#CN=C(CCc1ccccn1)Cc1ccc(NS(=O)(=O)c2ccccc2-c2ccccc2)cc1. The van der Waals surface area contributed by atoms with Crippen LogP contribution in [0, 0.1) is 11.5 Å². The van der Waals surface area contributed by atoms with Crippen molar-refractivity contribution >= 4 is 21.4 Å². The van der Waals surface area contributed by atoms with E-state index >= 15 is 0 Å². The van der Waals surface area contributed by atoms with E-state index in [-0.39, 0.29) is 4.90 Å². The van der Waals surface area contributed by atoms with Crippen LogP contribution < -0.4 is 4.72 Å². The molecule has 0 aliphatic heterocycles. The third-order valence-electron chi connectivity index (χ3n) is 5.48. The van der Waals surface area contributed by atoms with Crippen LogP contribution in [-0.2, 0) is 22.9 Å². The molecule has 1 N–H and O–H groups in total. The third-order valence-corrected chi connectivity index (χ3v) is 6.92. The van der Waals surface area contributed by atoms with E-state index in [1.54, 1.807) is 36.5 Å². The number of aromatic nitrogens is 1. The van der Waals surface area contributed by atoms with Gasteiger partial charge < -0.3 is 0 Å². The monoisotopic (exact) mass is 480 g/mol. The molecular formula is C28H24N4O2S. The van der Waals surface area contributed by atoms with Crippen LogP contribution in [0.3, 0.4) is 0 Å². The summed E-state index contributed by atoms with van der Waals surface area (Å²) in [7, 11) is -3.80. The highest BCUT2D eigenvalue weighted by Gasteiger charge is 2.19. The highest BCUT2D eigenvalue weighted by atomic mass is 32.2. The molecule has 35 heavy (non-hydrogen) atoms. The van der Waals surface area contributed by atoms with Gasteiger partial charge in [0.1, 0.15) is 0 Å². The molecule has 0 saturated heterocycles. The summed E-state index contributed by atoms with van der Waals surface area (Å²) in [4.78, 5) is 8.50. The smallest absolute Gasteiger partial charge is 0.262 e. The summed E-state index contributed by atoms with van der Waals surface area (Å²) in [6.07, 6.45) is 5.44. The number of aliphatic imine (C=N–C) groups is 1. The van der Waals surface area contributed by atoms with Crippen molar-refractivity contribution in [3.8, 4) is 17.3 Å². The zero-order chi connectivity index (χ0) is 24.5. The predicted molar refractivity (Wildman–Crippen MR) is 138 cm³/mol. The van der Waals surface area contributed by atoms with Gasteiger partial charge in [0.05, 0.1) is 4.90 Å². The molecule has 0 unspecified atom stereocenters. The quantitative estimate of drug-likeness (QED) is 0.247. The summed E-state index contributed by atoms with van der Waals surface area (Å²) in [5.41, 5.74) is 4.57. The van der Waals surface area contributed by atoms with Crippen LogP contribution in [0.15, 0.2) is 113 Å². The Morgan fingerprint density at radius 3 is 2.31 bits per heavy atom. The molecule has 0 radical (unpaired) electrons. The van der Waals surface area contributed by atoms with Crippen molar-refractivity contribution in [1.82, 2.24) is 4.98 Å². The molecule has 4 rings (SSSR count). The number of rotatable bonds is 9. The molecule has 1 heterocycles. The molecule has 0 aliphatic carbocycles. The molecule has 6 nitrogen and oxygen atoms in total. The van der Waals surface area contributed by atoms with Crippen LogP contribution >= 0.6 is 0 Å². The maximum absolute atomic E-state index is 13.2. The number of nitriles is 1. The summed E-state index contributed by atoms with van der Waals surface area (Å²) in [5, 5.41) is 9.07. The fraction of sp³-hybridized carbons (Fsp3) is 0.107. The van der Waals surface area contributed by atoms with Crippen molar-refractivity contribution in [2.75, 3.05) is 4.72 Å². The number of sulfonamides is 1. The van der Waals surface area contributed by atoms with Gasteiger partial charge in [-0.3, -0.25) is 9.71 Å². The number of benzene rings is 3. The second-order valence-electron chi connectivity index (χ2n) is 7.94. The zero-order valence-electron chi connectivity index (χ0n) is 19.0. The van der Waals surface area contributed by atoms with Crippen molar-refractivity contribution in [2.45, 2.75) is 24.2 Å². The molecule has 0 aliphatic rings.